The standard InChI is InChI=1S/C14H15F3O2/c1-19-11-6-4-10(5-7-11)13(9-14(15,16)17)8-2-3-12(13)18/h4-7H,2-3,8-9H2,1H3. The predicted molar refractivity (Wildman–Crippen MR) is 64.2 cm³/mol. The van der Waals surface area contributed by atoms with E-state index in [1.54, 1.807) is 24.3 Å². The van der Waals surface area contributed by atoms with Crippen molar-refractivity contribution in [2.75, 3.05) is 7.11 Å². The maximum Gasteiger partial charge on any atom is 0.390 e. The maximum atomic E-state index is 12.8. The zero-order chi connectivity index (χ0) is 14.1. The first kappa shape index (κ1) is 13.9. The monoisotopic (exact) mass is 272 g/mol. The minimum atomic E-state index is -4.35. The van der Waals surface area contributed by atoms with Gasteiger partial charge in [0.2, 0.25) is 0 Å². The summed E-state index contributed by atoms with van der Waals surface area (Å²) >= 11 is 0. The molecule has 2 rings (SSSR count). The van der Waals surface area contributed by atoms with E-state index in [4.69, 9.17) is 4.74 Å². The van der Waals surface area contributed by atoms with E-state index in [9.17, 15) is 18.0 Å². The van der Waals surface area contributed by atoms with Gasteiger partial charge < -0.3 is 4.74 Å². The number of benzene rings is 1. The van der Waals surface area contributed by atoms with Gasteiger partial charge in [-0.1, -0.05) is 12.1 Å². The molecule has 0 amide bonds. The highest BCUT2D eigenvalue weighted by Crippen LogP contribution is 2.46. The minimum Gasteiger partial charge on any atom is -0.497 e. The molecule has 1 saturated carbocycles. The zero-order valence-electron chi connectivity index (χ0n) is 10.6. The van der Waals surface area contributed by atoms with Crippen LogP contribution in [0.1, 0.15) is 31.2 Å². The van der Waals surface area contributed by atoms with Gasteiger partial charge >= 0.3 is 6.18 Å². The molecule has 5 heteroatoms. The van der Waals surface area contributed by atoms with Gasteiger partial charge in [-0.25, -0.2) is 0 Å². The summed E-state index contributed by atoms with van der Waals surface area (Å²) in [5, 5.41) is 0. The Kier molecular flexibility index (Phi) is 3.56. The number of ketones is 1. The molecule has 0 bridgehead atoms. The topological polar surface area (TPSA) is 26.3 Å². The number of methoxy groups -OCH3 is 1. The molecule has 1 unspecified atom stereocenters. The number of ether oxygens (including phenoxy) is 1. The van der Waals surface area contributed by atoms with Crippen LogP contribution in [0.25, 0.3) is 0 Å². The van der Waals surface area contributed by atoms with Gasteiger partial charge in [-0.15, -0.1) is 0 Å². The van der Waals surface area contributed by atoms with E-state index in [0.29, 0.717) is 17.7 Å². The van der Waals surface area contributed by atoms with Crippen molar-refractivity contribution in [1.29, 1.82) is 0 Å². The molecule has 104 valence electrons. The van der Waals surface area contributed by atoms with Crippen molar-refractivity contribution in [3.05, 3.63) is 29.8 Å². The number of hydrogen-bond acceptors (Lipinski definition) is 2. The van der Waals surface area contributed by atoms with Crippen LogP contribution < -0.4 is 4.74 Å². The Morgan fingerprint density at radius 2 is 1.89 bits per heavy atom. The van der Waals surface area contributed by atoms with Crippen LogP contribution in [0.4, 0.5) is 13.2 Å². The van der Waals surface area contributed by atoms with Crippen LogP contribution in [-0.4, -0.2) is 19.1 Å². The Morgan fingerprint density at radius 1 is 1.26 bits per heavy atom. The Bertz CT molecular complexity index is 465. The number of carbonyl (C=O) groups excluding carboxylic acids is 1. The molecule has 0 spiro atoms. The lowest BCUT2D eigenvalue weighted by molar-refractivity contribution is -0.155. The lowest BCUT2D eigenvalue weighted by Gasteiger charge is -2.29. The molecule has 0 aromatic heterocycles. The van der Waals surface area contributed by atoms with E-state index >= 15 is 0 Å². The molecular formula is C14H15F3O2. The van der Waals surface area contributed by atoms with E-state index in [1.165, 1.54) is 7.11 Å². The Hall–Kier alpha value is -1.52. The van der Waals surface area contributed by atoms with Crippen molar-refractivity contribution in [2.45, 2.75) is 37.3 Å². The number of Topliss-reactive ketones (excluding diaryl/α,β-unsaturated/α-hetero) is 1. The van der Waals surface area contributed by atoms with Crippen molar-refractivity contribution in [3.8, 4) is 5.75 Å². The van der Waals surface area contributed by atoms with E-state index in [2.05, 4.69) is 0 Å². The first-order valence-corrected chi connectivity index (χ1v) is 6.12. The number of hydrogen-bond donors (Lipinski definition) is 0. The van der Waals surface area contributed by atoms with Crippen molar-refractivity contribution in [2.24, 2.45) is 0 Å². The number of rotatable bonds is 3. The van der Waals surface area contributed by atoms with Gasteiger partial charge in [-0.3, -0.25) is 4.79 Å². The van der Waals surface area contributed by atoms with Crippen LogP contribution in [-0.2, 0) is 10.2 Å². The molecule has 0 aliphatic heterocycles. The molecule has 1 aromatic carbocycles. The normalized spacial score (nSPS) is 23.7. The third-order valence-electron chi connectivity index (χ3n) is 3.69. The highest BCUT2D eigenvalue weighted by Gasteiger charge is 2.50. The van der Waals surface area contributed by atoms with Gasteiger partial charge in [-0.05, 0) is 30.5 Å². The molecule has 19 heavy (non-hydrogen) atoms. The zero-order valence-corrected chi connectivity index (χ0v) is 10.6. The van der Waals surface area contributed by atoms with Gasteiger partial charge in [0.15, 0.2) is 0 Å². The van der Waals surface area contributed by atoms with Crippen molar-refractivity contribution in [3.63, 3.8) is 0 Å². The molecule has 1 aliphatic rings. The number of alkyl halides is 3. The fourth-order valence-corrected chi connectivity index (χ4v) is 2.78. The summed E-state index contributed by atoms with van der Waals surface area (Å²) in [6.45, 7) is 0. The molecule has 2 nitrogen and oxygen atoms in total. The second-order valence-electron chi connectivity index (χ2n) is 4.88. The first-order valence-electron chi connectivity index (χ1n) is 6.12. The Balaban J connectivity index is 2.39. The van der Waals surface area contributed by atoms with Crippen LogP contribution in [0.15, 0.2) is 24.3 Å². The minimum absolute atomic E-state index is 0.224. The molecule has 1 fully saturated rings. The summed E-state index contributed by atoms with van der Waals surface area (Å²) < 4.78 is 43.3. The molecule has 0 N–H and O–H groups in total. The van der Waals surface area contributed by atoms with Crippen LogP contribution in [0.5, 0.6) is 5.75 Å². The van der Waals surface area contributed by atoms with E-state index in [-0.39, 0.29) is 18.6 Å². The van der Waals surface area contributed by atoms with E-state index < -0.39 is 18.0 Å². The lowest BCUT2D eigenvalue weighted by atomic mass is 9.75. The van der Waals surface area contributed by atoms with Crippen molar-refractivity contribution in [1.82, 2.24) is 0 Å². The number of carbonyl (C=O) groups is 1. The molecule has 1 atom stereocenters. The molecule has 1 aliphatic carbocycles. The van der Waals surface area contributed by atoms with Gasteiger partial charge in [0, 0.05) is 6.42 Å². The summed E-state index contributed by atoms with van der Waals surface area (Å²) in [5.41, 5.74) is -0.960. The second kappa shape index (κ2) is 4.87. The van der Waals surface area contributed by atoms with Crippen LogP contribution >= 0.6 is 0 Å². The SMILES string of the molecule is COc1ccc(C2(CC(F)(F)F)CCCC2=O)cc1. The van der Waals surface area contributed by atoms with Gasteiger partial charge in [-0.2, -0.15) is 13.2 Å². The smallest absolute Gasteiger partial charge is 0.390 e. The average Bonchev–Trinajstić information content (AvgIpc) is 2.70. The van der Waals surface area contributed by atoms with Crippen LogP contribution in [0.3, 0.4) is 0 Å². The Labute approximate surface area is 109 Å². The maximum absolute atomic E-state index is 12.8. The number of halogens is 3. The first-order chi connectivity index (χ1) is 8.87. The lowest BCUT2D eigenvalue weighted by Crippen LogP contribution is -2.36. The fraction of sp³-hybridized carbons (Fsp3) is 0.500. The van der Waals surface area contributed by atoms with Crippen LogP contribution in [0.2, 0.25) is 0 Å². The van der Waals surface area contributed by atoms with Crippen molar-refractivity contribution >= 4 is 5.78 Å². The van der Waals surface area contributed by atoms with Gasteiger partial charge in [0.1, 0.15) is 11.5 Å². The largest absolute Gasteiger partial charge is 0.497 e. The van der Waals surface area contributed by atoms with Crippen LogP contribution in [0, 0.1) is 0 Å². The van der Waals surface area contributed by atoms with Gasteiger partial charge in [0.05, 0.1) is 18.9 Å². The molecule has 0 saturated heterocycles. The van der Waals surface area contributed by atoms with Crippen molar-refractivity contribution < 1.29 is 22.7 Å². The van der Waals surface area contributed by atoms with E-state index in [0.717, 1.165) is 0 Å². The summed E-state index contributed by atoms with van der Waals surface area (Å²) in [4.78, 5) is 12.0. The molecular weight excluding hydrogens is 257 g/mol. The van der Waals surface area contributed by atoms with Gasteiger partial charge in [0.25, 0.3) is 0 Å². The quantitative estimate of drug-likeness (QED) is 0.839. The van der Waals surface area contributed by atoms with E-state index in [1.807, 2.05) is 0 Å². The molecule has 0 radical (unpaired) electrons. The summed E-state index contributed by atoms with van der Waals surface area (Å²) in [6.07, 6.45) is -4.42. The molecule has 1 aromatic rings. The second-order valence-corrected chi connectivity index (χ2v) is 4.88. The third-order valence-corrected chi connectivity index (χ3v) is 3.69. The molecule has 0 heterocycles. The summed E-state index contributed by atoms with van der Waals surface area (Å²) in [7, 11) is 1.49. The highest BCUT2D eigenvalue weighted by molar-refractivity contribution is 5.92. The third kappa shape index (κ3) is 2.74. The summed E-state index contributed by atoms with van der Waals surface area (Å²) in [5.74, 6) is 0.256. The average molecular weight is 272 g/mol. The Morgan fingerprint density at radius 3 is 2.32 bits per heavy atom. The fourth-order valence-electron chi connectivity index (χ4n) is 2.78. The summed E-state index contributed by atoms with van der Waals surface area (Å²) in [6, 6.07) is 6.32. The highest BCUT2D eigenvalue weighted by atomic mass is 19.4. The predicted octanol–water partition coefficient (Wildman–Crippen LogP) is 3.64.